The third-order valence-corrected chi connectivity index (χ3v) is 6.15. The molecule has 1 fully saturated rings. The van der Waals surface area contributed by atoms with E-state index in [1.54, 1.807) is 7.11 Å². The van der Waals surface area contributed by atoms with Gasteiger partial charge >= 0.3 is 0 Å². The summed E-state index contributed by atoms with van der Waals surface area (Å²) >= 11 is 7.67. The van der Waals surface area contributed by atoms with Crippen molar-refractivity contribution < 1.29 is 9.53 Å². The number of amides is 1. The monoisotopic (exact) mass is 445 g/mol. The van der Waals surface area contributed by atoms with Gasteiger partial charge < -0.3 is 15.0 Å². The summed E-state index contributed by atoms with van der Waals surface area (Å²) in [6.07, 6.45) is 0. The van der Waals surface area contributed by atoms with E-state index in [2.05, 4.69) is 10.2 Å². The van der Waals surface area contributed by atoms with E-state index in [4.69, 9.17) is 26.3 Å². The van der Waals surface area contributed by atoms with Crippen LogP contribution < -0.4 is 5.32 Å². The average Bonchev–Trinajstić information content (AvgIpc) is 3.29. The summed E-state index contributed by atoms with van der Waals surface area (Å²) in [5.74, 6) is 1.64. The molecular weight excluding hydrogens is 422 g/mol. The molecule has 3 aromatic rings. The van der Waals surface area contributed by atoms with Crippen molar-refractivity contribution in [1.29, 1.82) is 0 Å². The lowest BCUT2D eigenvalue weighted by Gasteiger charge is -2.34. The number of nitrogens with one attached hydrogen (secondary N) is 1. The quantitative estimate of drug-likeness (QED) is 0.562. The molecule has 0 bridgehead atoms. The van der Waals surface area contributed by atoms with Crippen molar-refractivity contribution in [3.05, 3.63) is 51.4 Å². The first-order valence-corrected chi connectivity index (χ1v) is 11.1. The molecule has 0 aliphatic carbocycles. The average molecular weight is 446 g/mol. The predicted molar refractivity (Wildman–Crippen MR) is 120 cm³/mol. The Labute approximate surface area is 184 Å². The van der Waals surface area contributed by atoms with Crippen molar-refractivity contribution in [1.82, 2.24) is 19.8 Å². The number of aromatic nitrogens is 2. The first kappa shape index (κ1) is 21.0. The molecule has 0 unspecified atom stereocenters. The molecule has 1 saturated heterocycles. The Morgan fingerprint density at radius 2 is 2.07 bits per heavy atom. The maximum absolute atomic E-state index is 12.5. The van der Waals surface area contributed by atoms with E-state index in [-0.39, 0.29) is 5.91 Å². The summed E-state index contributed by atoms with van der Waals surface area (Å²) in [6.45, 7) is 4.88. The number of carbonyl (C=O) groups excluding carboxylic acids is 1. The Bertz CT molecular complexity index is 1010. The van der Waals surface area contributed by atoms with Gasteiger partial charge in [-0.25, -0.2) is 9.97 Å². The van der Waals surface area contributed by atoms with Gasteiger partial charge in [-0.2, -0.15) is 0 Å². The summed E-state index contributed by atoms with van der Waals surface area (Å²) in [5, 5.41) is 6.81. The van der Waals surface area contributed by atoms with E-state index < -0.39 is 0 Å². The normalized spacial score (nSPS) is 14.9. The number of ether oxygens (including phenoxy) is 1. The van der Waals surface area contributed by atoms with Gasteiger partial charge in [0.2, 0.25) is 0 Å². The number of piperazine rings is 1. The summed E-state index contributed by atoms with van der Waals surface area (Å²) in [4.78, 5) is 27.0. The van der Waals surface area contributed by atoms with Crippen LogP contribution in [0.15, 0.2) is 35.7 Å². The second-order valence-electron chi connectivity index (χ2n) is 7.12. The Morgan fingerprint density at radius 3 is 2.80 bits per heavy atom. The lowest BCUT2D eigenvalue weighted by atomic mass is 10.2. The van der Waals surface area contributed by atoms with Gasteiger partial charge in [0.15, 0.2) is 0 Å². The van der Waals surface area contributed by atoms with Crippen molar-refractivity contribution in [3.8, 4) is 0 Å². The summed E-state index contributed by atoms with van der Waals surface area (Å²) in [6, 6.07) is 9.44. The van der Waals surface area contributed by atoms with Crippen molar-refractivity contribution in [3.63, 3.8) is 0 Å². The van der Waals surface area contributed by atoms with Gasteiger partial charge in [0.25, 0.3) is 5.91 Å². The predicted octanol–water partition coefficient (Wildman–Crippen LogP) is 3.36. The molecule has 9 heteroatoms. The molecular formula is C21H24ClN5O2S. The summed E-state index contributed by atoms with van der Waals surface area (Å²) < 4.78 is 5.14. The number of carbonyl (C=O) groups is 1. The van der Waals surface area contributed by atoms with Gasteiger partial charge in [0.05, 0.1) is 23.5 Å². The highest BCUT2D eigenvalue weighted by molar-refractivity contribution is 7.12. The molecule has 0 atom stereocenters. The minimum atomic E-state index is 0.119. The smallest absolute Gasteiger partial charge is 0.264 e. The lowest BCUT2D eigenvalue weighted by Crippen LogP contribution is -2.48. The molecule has 0 saturated carbocycles. The number of methoxy groups -OCH3 is 1. The molecule has 4 rings (SSSR count). The number of rotatable bonds is 7. The topological polar surface area (TPSA) is 70.6 Å². The van der Waals surface area contributed by atoms with E-state index in [1.807, 2.05) is 40.6 Å². The Kier molecular flexibility index (Phi) is 6.79. The lowest BCUT2D eigenvalue weighted by molar-refractivity contribution is 0.0630. The fourth-order valence-corrected chi connectivity index (χ4v) is 4.35. The van der Waals surface area contributed by atoms with E-state index >= 15 is 0 Å². The van der Waals surface area contributed by atoms with E-state index in [1.165, 1.54) is 11.3 Å². The van der Waals surface area contributed by atoms with E-state index in [0.29, 0.717) is 37.8 Å². The van der Waals surface area contributed by atoms with E-state index in [0.717, 1.165) is 40.5 Å². The first-order valence-electron chi connectivity index (χ1n) is 9.88. The van der Waals surface area contributed by atoms with Crippen LogP contribution >= 0.6 is 22.9 Å². The zero-order valence-electron chi connectivity index (χ0n) is 16.8. The fraction of sp³-hybridized carbons (Fsp3) is 0.381. The van der Waals surface area contributed by atoms with Crippen LogP contribution in [-0.2, 0) is 11.3 Å². The number of anilines is 1. The van der Waals surface area contributed by atoms with E-state index in [9.17, 15) is 4.79 Å². The van der Waals surface area contributed by atoms with Crippen LogP contribution in [0, 0.1) is 0 Å². The zero-order chi connectivity index (χ0) is 20.9. The van der Waals surface area contributed by atoms with Gasteiger partial charge in [-0.3, -0.25) is 9.69 Å². The number of halogens is 1. The van der Waals surface area contributed by atoms with Crippen LogP contribution in [0.1, 0.15) is 15.5 Å². The van der Waals surface area contributed by atoms with Gasteiger partial charge in [-0.15, -0.1) is 11.3 Å². The minimum Gasteiger partial charge on any atom is -0.383 e. The third-order valence-electron chi connectivity index (χ3n) is 5.06. The molecule has 0 spiro atoms. The number of hydrogen-bond acceptors (Lipinski definition) is 7. The number of nitrogens with zero attached hydrogens (tertiary/aromatic N) is 4. The highest BCUT2D eigenvalue weighted by atomic mass is 35.5. The zero-order valence-corrected chi connectivity index (χ0v) is 18.4. The SMILES string of the molecule is COCCNc1nc(CN2CCN(C(=O)c3cccs3)CC2)nc2ccc(Cl)cc12. The first-order chi connectivity index (χ1) is 14.6. The van der Waals surface area contributed by atoms with Gasteiger partial charge in [-0.05, 0) is 29.6 Å². The highest BCUT2D eigenvalue weighted by Gasteiger charge is 2.23. The van der Waals surface area contributed by atoms with Gasteiger partial charge in [-0.1, -0.05) is 17.7 Å². The van der Waals surface area contributed by atoms with Crippen LogP contribution in [0.5, 0.6) is 0 Å². The molecule has 1 aliphatic heterocycles. The van der Waals surface area contributed by atoms with Gasteiger partial charge in [0.1, 0.15) is 11.6 Å². The van der Waals surface area contributed by atoms with Crippen LogP contribution in [-0.4, -0.2) is 72.1 Å². The van der Waals surface area contributed by atoms with Crippen molar-refractivity contribution >= 4 is 45.6 Å². The number of fused-ring (bicyclic) bond motifs is 1. The van der Waals surface area contributed by atoms with Crippen molar-refractivity contribution in [2.45, 2.75) is 6.54 Å². The molecule has 2 aromatic heterocycles. The molecule has 30 heavy (non-hydrogen) atoms. The molecule has 7 nitrogen and oxygen atoms in total. The minimum absolute atomic E-state index is 0.119. The Balaban J connectivity index is 1.45. The molecule has 158 valence electrons. The highest BCUT2D eigenvalue weighted by Crippen LogP contribution is 2.24. The largest absolute Gasteiger partial charge is 0.383 e. The molecule has 3 heterocycles. The van der Waals surface area contributed by atoms with Crippen LogP contribution in [0.3, 0.4) is 0 Å². The number of thiophene rings is 1. The third kappa shape index (κ3) is 4.89. The van der Waals surface area contributed by atoms with Crippen molar-refractivity contribution in [2.24, 2.45) is 0 Å². The number of benzene rings is 1. The maximum Gasteiger partial charge on any atom is 0.264 e. The Hall–Kier alpha value is -2.26. The Morgan fingerprint density at radius 1 is 1.23 bits per heavy atom. The standard InChI is InChI=1S/C21H24ClN5O2S/c1-29-11-6-23-20-16-13-15(22)4-5-17(16)24-19(25-20)14-26-7-9-27(10-8-26)21(28)18-3-2-12-30-18/h2-5,12-13H,6-11,14H2,1H3,(H,23,24,25). The van der Waals surface area contributed by atoms with Crippen LogP contribution in [0.2, 0.25) is 5.02 Å². The second kappa shape index (κ2) is 9.70. The van der Waals surface area contributed by atoms with Crippen LogP contribution in [0.4, 0.5) is 5.82 Å². The summed E-state index contributed by atoms with van der Waals surface area (Å²) in [7, 11) is 1.67. The van der Waals surface area contributed by atoms with Crippen LogP contribution in [0.25, 0.3) is 10.9 Å². The maximum atomic E-state index is 12.5. The van der Waals surface area contributed by atoms with Gasteiger partial charge in [0, 0.05) is 50.2 Å². The number of hydrogen-bond donors (Lipinski definition) is 1. The molecule has 1 aromatic carbocycles. The molecule has 0 radical (unpaired) electrons. The fourth-order valence-electron chi connectivity index (χ4n) is 3.49. The van der Waals surface area contributed by atoms with Crippen molar-refractivity contribution in [2.75, 3.05) is 51.8 Å². The second-order valence-corrected chi connectivity index (χ2v) is 8.50. The molecule has 1 amide bonds. The molecule has 1 aliphatic rings. The molecule has 1 N–H and O–H groups in total. The summed E-state index contributed by atoms with van der Waals surface area (Å²) in [5.41, 5.74) is 0.857.